The predicted octanol–water partition coefficient (Wildman–Crippen LogP) is 4.96. The number of aliphatic hydroxyl groups excluding tert-OH is 1. The van der Waals surface area contributed by atoms with Crippen molar-refractivity contribution >= 4 is 56.1 Å². The van der Waals surface area contributed by atoms with Gasteiger partial charge in [-0.3, -0.25) is 19.2 Å². The summed E-state index contributed by atoms with van der Waals surface area (Å²) >= 11 is 3.64. The van der Waals surface area contributed by atoms with E-state index < -0.39 is 47.5 Å². The van der Waals surface area contributed by atoms with E-state index >= 15 is 4.79 Å². The van der Waals surface area contributed by atoms with Gasteiger partial charge in [-0.25, -0.2) is 0 Å². The van der Waals surface area contributed by atoms with Gasteiger partial charge in [0.05, 0.1) is 17.9 Å². The van der Waals surface area contributed by atoms with E-state index in [2.05, 4.69) is 21.2 Å². The first-order valence-electron chi connectivity index (χ1n) is 17.3. The van der Waals surface area contributed by atoms with Crippen molar-refractivity contribution in [2.24, 2.45) is 11.8 Å². The number of allylic oxidation sites excluding steroid dienone is 1. The van der Waals surface area contributed by atoms with Crippen LogP contribution in [0.1, 0.15) is 43.7 Å². The van der Waals surface area contributed by atoms with Gasteiger partial charge in [0.15, 0.2) is 0 Å². The summed E-state index contributed by atoms with van der Waals surface area (Å²) in [5, 5.41) is 14.5. The van der Waals surface area contributed by atoms with Gasteiger partial charge in [-0.05, 0) is 60.2 Å². The Hall–Kier alpha value is -4.32. The topological polar surface area (TPSA) is 125 Å². The molecule has 0 aromatic heterocycles. The van der Waals surface area contributed by atoms with E-state index in [1.165, 1.54) is 0 Å². The number of cyclic esters (lactones) is 1. The number of unbranched alkanes of at least 4 members (excludes halogenated alkanes) is 2. The minimum Gasteiger partial charge on any atom is -0.463 e. The molecule has 3 aromatic rings. The molecule has 11 heteroatoms. The number of fused-ring (bicyclic) bond motifs is 3. The monoisotopic (exact) mass is 741 g/mol. The number of carbonyl (C=O) groups is 4. The quantitative estimate of drug-likeness (QED) is 0.199. The molecule has 0 radical (unpaired) electrons. The minimum atomic E-state index is -1.39. The maximum atomic E-state index is 15.1. The molecule has 6 atom stereocenters. The molecule has 4 heterocycles. The molecule has 2 fully saturated rings. The van der Waals surface area contributed by atoms with Crippen LogP contribution in [-0.2, 0) is 28.7 Å². The molecular formula is C39H40BrN3O7. The number of ether oxygens (including phenoxy) is 2. The number of esters is 1. The van der Waals surface area contributed by atoms with E-state index in [-0.39, 0.29) is 44.5 Å². The lowest BCUT2D eigenvalue weighted by molar-refractivity contribution is -0.145. The molecule has 0 unspecified atom stereocenters. The Bertz CT molecular complexity index is 1850. The lowest BCUT2D eigenvalue weighted by Crippen LogP contribution is -2.56. The fourth-order valence-electron chi connectivity index (χ4n) is 7.84. The Labute approximate surface area is 299 Å². The number of benzene rings is 3. The summed E-state index contributed by atoms with van der Waals surface area (Å²) in [7, 11) is 0. The highest BCUT2D eigenvalue weighted by molar-refractivity contribution is 9.11. The number of aliphatic hydroxyl groups is 1. The van der Waals surface area contributed by atoms with E-state index in [0.29, 0.717) is 35.9 Å². The van der Waals surface area contributed by atoms with Crippen LogP contribution in [0.5, 0.6) is 0 Å². The van der Waals surface area contributed by atoms with Crippen LogP contribution in [0.4, 0.5) is 5.69 Å². The van der Waals surface area contributed by atoms with Crippen LogP contribution in [0, 0.1) is 11.8 Å². The zero-order valence-electron chi connectivity index (χ0n) is 27.6. The number of nitrogens with zero attached hydrogens (tertiary/aromatic N) is 2. The maximum Gasteiger partial charge on any atom is 0.306 e. The molecular weight excluding hydrogens is 702 g/mol. The maximum absolute atomic E-state index is 15.1. The predicted molar refractivity (Wildman–Crippen MR) is 191 cm³/mol. The first-order chi connectivity index (χ1) is 24.3. The summed E-state index contributed by atoms with van der Waals surface area (Å²) < 4.78 is 13.0. The molecule has 0 saturated carbocycles. The molecule has 2 saturated heterocycles. The Balaban J connectivity index is 1.32. The average molecular weight is 743 g/mol. The number of halogens is 1. The SMILES string of the molecule is O=C1CC/C=C\CN(c2ccc3ccccc3c2)C(=O)[C@H]2N(CCCCCO)C(=O)[C@@H]3[C@@H](C(=O)N[C@@H](c4ccccc4)CO1)[C@@H]1O[C@@]32C=C1Br. The number of amides is 3. The van der Waals surface area contributed by atoms with Crippen LogP contribution < -0.4 is 10.2 Å². The molecule has 5 bridgehead atoms. The first kappa shape index (κ1) is 34.1. The molecule has 10 nitrogen and oxygen atoms in total. The second-order valence-electron chi connectivity index (χ2n) is 13.3. The summed E-state index contributed by atoms with van der Waals surface area (Å²) in [5.41, 5.74) is 0.0129. The van der Waals surface area contributed by atoms with E-state index in [4.69, 9.17) is 9.47 Å². The number of hydrogen-bond acceptors (Lipinski definition) is 7. The molecule has 260 valence electrons. The number of nitrogens with one attached hydrogen (secondary N) is 1. The number of anilines is 1. The second kappa shape index (κ2) is 14.5. The Morgan fingerprint density at radius 1 is 0.900 bits per heavy atom. The normalized spacial score (nSPS) is 29.2. The lowest BCUT2D eigenvalue weighted by atomic mass is 9.74. The molecule has 7 rings (SSSR count). The van der Waals surface area contributed by atoms with Gasteiger partial charge in [-0.1, -0.05) is 88.7 Å². The molecule has 3 aromatic carbocycles. The van der Waals surface area contributed by atoms with Crippen molar-refractivity contribution in [1.29, 1.82) is 0 Å². The van der Waals surface area contributed by atoms with Crippen molar-refractivity contribution in [1.82, 2.24) is 10.2 Å². The number of hydrogen-bond donors (Lipinski definition) is 2. The van der Waals surface area contributed by atoms with Crippen molar-refractivity contribution in [2.75, 3.05) is 31.2 Å². The highest BCUT2D eigenvalue weighted by Crippen LogP contribution is 2.58. The van der Waals surface area contributed by atoms with Crippen LogP contribution in [0.2, 0.25) is 0 Å². The fourth-order valence-corrected chi connectivity index (χ4v) is 8.58. The average Bonchev–Trinajstić information content (AvgIpc) is 3.72. The van der Waals surface area contributed by atoms with Gasteiger partial charge >= 0.3 is 5.97 Å². The molecule has 4 aliphatic heterocycles. The van der Waals surface area contributed by atoms with Gasteiger partial charge in [0, 0.05) is 36.3 Å². The zero-order chi connectivity index (χ0) is 34.8. The van der Waals surface area contributed by atoms with E-state index in [1.807, 2.05) is 91.0 Å². The molecule has 0 aliphatic carbocycles. The van der Waals surface area contributed by atoms with Crippen molar-refractivity contribution < 1.29 is 33.8 Å². The van der Waals surface area contributed by atoms with Crippen LogP contribution in [-0.4, -0.2) is 77.7 Å². The largest absolute Gasteiger partial charge is 0.463 e. The molecule has 1 spiro atoms. The molecule has 3 amide bonds. The number of likely N-dealkylation sites (tertiary alicyclic amines) is 1. The smallest absolute Gasteiger partial charge is 0.306 e. The summed E-state index contributed by atoms with van der Waals surface area (Å²) in [6.45, 7) is 0.409. The molecule has 2 N–H and O–H groups in total. The Morgan fingerprint density at radius 2 is 1.68 bits per heavy atom. The summed E-state index contributed by atoms with van der Waals surface area (Å²) in [4.78, 5) is 60.2. The van der Waals surface area contributed by atoms with Gasteiger partial charge in [0.1, 0.15) is 24.4 Å². The third kappa shape index (κ3) is 6.27. The summed E-state index contributed by atoms with van der Waals surface area (Å²) in [6, 6.07) is 21.2. The van der Waals surface area contributed by atoms with Gasteiger partial charge in [0.2, 0.25) is 11.8 Å². The number of rotatable bonds is 7. The summed E-state index contributed by atoms with van der Waals surface area (Å²) in [5.74, 6) is -3.36. The van der Waals surface area contributed by atoms with Crippen LogP contribution >= 0.6 is 15.9 Å². The van der Waals surface area contributed by atoms with E-state index in [9.17, 15) is 19.5 Å². The van der Waals surface area contributed by atoms with Gasteiger partial charge in [0.25, 0.3) is 5.91 Å². The summed E-state index contributed by atoms with van der Waals surface area (Å²) in [6.07, 6.45) is 7.10. The van der Waals surface area contributed by atoms with Crippen molar-refractivity contribution in [2.45, 2.75) is 55.9 Å². The second-order valence-corrected chi connectivity index (χ2v) is 14.2. The van der Waals surface area contributed by atoms with Crippen molar-refractivity contribution in [3.8, 4) is 0 Å². The number of carbonyl (C=O) groups excluding carboxylic acids is 4. The van der Waals surface area contributed by atoms with Crippen LogP contribution in [0.25, 0.3) is 10.8 Å². The lowest BCUT2D eigenvalue weighted by Gasteiger charge is -2.36. The highest BCUT2D eigenvalue weighted by atomic mass is 79.9. The van der Waals surface area contributed by atoms with Crippen molar-refractivity contribution in [3.05, 3.63) is 101 Å². The Morgan fingerprint density at radius 3 is 2.48 bits per heavy atom. The van der Waals surface area contributed by atoms with Gasteiger partial charge in [-0.15, -0.1) is 0 Å². The minimum absolute atomic E-state index is 0.0333. The van der Waals surface area contributed by atoms with Gasteiger partial charge < -0.3 is 29.7 Å². The zero-order valence-corrected chi connectivity index (χ0v) is 29.2. The van der Waals surface area contributed by atoms with E-state index in [0.717, 1.165) is 16.3 Å². The molecule has 4 aliphatic rings. The third-order valence-electron chi connectivity index (χ3n) is 10.2. The molecule has 50 heavy (non-hydrogen) atoms. The van der Waals surface area contributed by atoms with Crippen LogP contribution in [0.15, 0.2) is 95.5 Å². The van der Waals surface area contributed by atoms with Gasteiger partial charge in [-0.2, -0.15) is 0 Å². The van der Waals surface area contributed by atoms with Crippen LogP contribution in [0.3, 0.4) is 0 Å². The highest BCUT2D eigenvalue weighted by Gasteiger charge is 2.74. The third-order valence-corrected chi connectivity index (χ3v) is 10.9. The standard InChI is InChI=1S/C39H40BrN3O7/c40-29-23-39-33-32(34(29)50-39)36(46)41-30(26-13-4-1-5-14-26)24-49-31(45)16-6-2-9-19-42(28-18-17-25-12-7-8-15-27(25)22-28)38(48)35(39)43(37(33)47)20-10-3-11-21-44/h1-2,4-5,7-9,12-15,17-18,22-23,30,32-35,44H,3,6,10-11,16,19-21,24H2,(H,41,46)/b9-2-/t30-,32-,33+,34-,35-,39+/m1/s1. The van der Waals surface area contributed by atoms with Crippen molar-refractivity contribution in [3.63, 3.8) is 0 Å². The Kier molecular flexibility index (Phi) is 9.90. The fraction of sp³-hybridized carbons (Fsp3) is 0.385. The van der Waals surface area contributed by atoms with E-state index in [1.54, 1.807) is 9.80 Å². The first-order valence-corrected chi connectivity index (χ1v) is 18.0.